The molecule has 4 heteroatoms. The van der Waals surface area contributed by atoms with Crippen LogP contribution < -0.4 is 0 Å². The number of rotatable bonds is 2. The van der Waals surface area contributed by atoms with Crippen LogP contribution in [0.4, 0.5) is 0 Å². The molecule has 0 aliphatic heterocycles. The van der Waals surface area contributed by atoms with Gasteiger partial charge in [0.05, 0.1) is 21.3 Å². The van der Waals surface area contributed by atoms with Crippen molar-refractivity contribution in [1.29, 1.82) is 0 Å². The lowest BCUT2D eigenvalue weighted by molar-refractivity contribution is 0.794. The van der Waals surface area contributed by atoms with Gasteiger partial charge in [-0.15, -0.1) is 11.3 Å². The minimum atomic E-state index is -0.406. The summed E-state index contributed by atoms with van der Waals surface area (Å²) in [6, 6.07) is 55.4. The third-order valence-corrected chi connectivity index (χ3v) is 12.2. The van der Waals surface area contributed by atoms with Gasteiger partial charge in [0, 0.05) is 25.7 Å². The van der Waals surface area contributed by atoms with Crippen LogP contribution in [0.5, 0.6) is 0 Å². The molecule has 2 aliphatic rings. The molecule has 0 N–H and O–H groups in total. The van der Waals surface area contributed by atoms with E-state index in [1.807, 2.05) is 0 Å². The Labute approximate surface area is 295 Å². The van der Waals surface area contributed by atoms with E-state index in [0.717, 1.165) is 42.7 Å². The molecule has 0 saturated heterocycles. The maximum atomic E-state index is 5.51. The minimum absolute atomic E-state index is 0.406. The number of fused-ring (bicyclic) bond motifs is 14. The Morgan fingerprint density at radius 1 is 0.510 bits per heavy atom. The Morgan fingerprint density at radius 2 is 1.12 bits per heavy atom. The highest BCUT2D eigenvalue weighted by Gasteiger charge is 2.52. The lowest BCUT2D eigenvalue weighted by atomic mass is 9.70. The second-order valence-electron chi connectivity index (χ2n) is 13.0. The van der Waals surface area contributed by atoms with Gasteiger partial charge in [-0.05, 0) is 79.5 Å². The fourth-order valence-corrected chi connectivity index (χ4v) is 10.1. The summed E-state index contributed by atoms with van der Waals surface area (Å²) in [5.41, 5.74) is 14.2. The third-order valence-electron chi connectivity index (χ3n) is 10.6. The van der Waals surface area contributed by atoms with Crippen LogP contribution in [0.3, 0.4) is 0 Å². The van der Waals surface area contributed by atoms with E-state index < -0.39 is 5.41 Å². The van der Waals surface area contributed by atoms with Gasteiger partial charge in [0.25, 0.3) is 0 Å². The molecule has 2 nitrogen and oxygen atoms in total. The number of benzene rings is 7. The quantitative estimate of drug-likeness (QED) is 0.179. The highest BCUT2D eigenvalue weighted by molar-refractivity contribution is 9.10. The van der Waals surface area contributed by atoms with Gasteiger partial charge in [0.1, 0.15) is 0 Å². The molecule has 2 aromatic heterocycles. The first-order valence-corrected chi connectivity index (χ1v) is 18.1. The predicted molar refractivity (Wildman–Crippen MR) is 207 cm³/mol. The van der Waals surface area contributed by atoms with E-state index in [4.69, 9.17) is 9.97 Å². The number of nitrogens with zero attached hydrogens (tertiary/aromatic N) is 2. The van der Waals surface area contributed by atoms with Crippen LogP contribution in [0.15, 0.2) is 156 Å². The van der Waals surface area contributed by atoms with Crippen LogP contribution in [0.2, 0.25) is 0 Å². The fourth-order valence-electron chi connectivity index (χ4n) is 8.60. The highest BCUT2D eigenvalue weighted by Crippen LogP contribution is 2.64. The molecule has 0 fully saturated rings. The molecule has 0 saturated carbocycles. The van der Waals surface area contributed by atoms with Crippen molar-refractivity contribution in [2.24, 2.45) is 0 Å². The van der Waals surface area contributed by atoms with Gasteiger partial charge in [-0.1, -0.05) is 143 Å². The normalized spacial score (nSPS) is 13.6. The summed E-state index contributed by atoms with van der Waals surface area (Å²) in [6.45, 7) is 0. The summed E-state index contributed by atoms with van der Waals surface area (Å²) < 4.78 is 3.41. The van der Waals surface area contributed by atoms with E-state index in [0.29, 0.717) is 0 Å². The molecule has 7 aromatic carbocycles. The van der Waals surface area contributed by atoms with E-state index in [2.05, 4.69) is 168 Å². The Kier molecular flexibility index (Phi) is 5.65. The van der Waals surface area contributed by atoms with Crippen molar-refractivity contribution in [2.45, 2.75) is 5.41 Å². The van der Waals surface area contributed by atoms with Gasteiger partial charge in [0.15, 0.2) is 5.82 Å². The van der Waals surface area contributed by atoms with Gasteiger partial charge >= 0.3 is 0 Å². The molecule has 2 aliphatic carbocycles. The van der Waals surface area contributed by atoms with Crippen molar-refractivity contribution in [1.82, 2.24) is 9.97 Å². The highest BCUT2D eigenvalue weighted by atomic mass is 79.9. The van der Waals surface area contributed by atoms with E-state index in [1.54, 1.807) is 11.3 Å². The van der Waals surface area contributed by atoms with Crippen LogP contribution in [0.25, 0.3) is 76.0 Å². The molecular formula is C45H25BrN2S. The number of aromatic nitrogens is 2. The molecule has 49 heavy (non-hydrogen) atoms. The summed E-state index contributed by atoms with van der Waals surface area (Å²) in [6.07, 6.45) is 0. The topological polar surface area (TPSA) is 25.8 Å². The zero-order chi connectivity index (χ0) is 32.3. The van der Waals surface area contributed by atoms with Gasteiger partial charge in [-0.2, -0.15) is 0 Å². The first kappa shape index (κ1) is 27.5. The summed E-state index contributed by atoms with van der Waals surface area (Å²) in [7, 11) is 0. The fraction of sp³-hybridized carbons (Fsp3) is 0.0222. The third kappa shape index (κ3) is 3.65. The smallest absolute Gasteiger partial charge is 0.160 e. The van der Waals surface area contributed by atoms with Crippen molar-refractivity contribution in [3.8, 4) is 44.9 Å². The van der Waals surface area contributed by atoms with E-state index in [1.165, 1.54) is 60.0 Å². The molecule has 0 bridgehead atoms. The van der Waals surface area contributed by atoms with Crippen LogP contribution in [-0.2, 0) is 5.41 Å². The van der Waals surface area contributed by atoms with Crippen LogP contribution in [0, 0.1) is 0 Å². The lowest BCUT2D eigenvalue weighted by Crippen LogP contribution is -2.25. The van der Waals surface area contributed by atoms with Gasteiger partial charge < -0.3 is 0 Å². The predicted octanol–water partition coefficient (Wildman–Crippen LogP) is 12.4. The number of hydrogen-bond acceptors (Lipinski definition) is 3. The maximum absolute atomic E-state index is 5.51. The molecule has 1 spiro atoms. The van der Waals surface area contributed by atoms with Crippen molar-refractivity contribution in [3.63, 3.8) is 0 Å². The number of thiophene rings is 1. The van der Waals surface area contributed by atoms with Crippen molar-refractivity contribution in [3.05, 3.63) is 178 Å². The monoisotopic (exact) mass is 704 g/mol. The molecule has 0 unspecified atom stereocenters. The van der Waals surface area contributed by atoms with Crippen molar-refractivity contribution >= 4 is 58.3 Å². The van der Waals surface area contributed by atoms with Gasteiger partial charge in [-0.25, -0.2) is 9.97 Å². The zero-order valence-corrected chi connectivity index (χ0v) is 28.5. The average molecular weight is 706 g/mol. The first-order chi connectivity index (χ1) is 24.2. The Hall–Kier alpha value is -5.42. The Bertz CT molecular complexity index is 2820. The summed E-state index contributed by atoms with van der Waals surface area (Å²) >= 11 is 5.42. The van der Waals surface area contributed by atoms with Crippen molar-refractivity contribution < 1.29 is 0 Å². The summed E-state index contributed by atoms with van der Waals surface area (Å²) in [5.74, 6) is 0.742. The maximum Gasteiger partial charge on any atom is 0.160 e. The molecular weight excluding hydrogens is 680 g/mol. The molecule has 0 radical (unpaired) electrons. The second-order valence-corrected chi connectivity index (χ2v) is 15.0. The summed E-state index contributed by atoms with van der Waals surface area (Å²) in [4.78, 5) is 10.8. The van der Waals surface area contributed by atoms with E-state index >= 15 is 0 Å². The largest absolute Gasteiger partial charge is 0.226 e. The van der Waals surface area contributed by atoms with Gasteiger partial charge in [0.2, 0.25) is 0 Å². The molecule has 11 rings (SSSR count). The number of hydrogen-bond donors (Lipinski definition) is 0. The summed E-state index contributed by atoms with van der Waals surface area (Å²) in [5, 5.41) is 3.51. The zero-order valence-electron chi connectivity index (χ0n) is 26.1. The average Bonchev–Trinajstić information content (AvgIpc) is 3.78. The van der Waals surface area contributed by atoms with E-state index in [-0.39, 0.29) is 0 Å². The lowest BCUT2D eigenvalue weighted by Gasteiger charge is -2.30. The molecule has 0 amide bonds. The molecule has 228 valence electrons. The minimum Gasteiger partial charge on any atom is -0.226 e. The second kappa shape index (κ2) is 10.1. The SMILES string of the molecule is Brc1ccc2cc(-c3nc(-c4cccc5c4-c4ccccc4C54c5ccccc5-c5ccccc54)c4sc5ccccc5c4n3)ccc2c1. The molecule has 2 heterocycles. The van der Waals surface area contributed by atoms with Crippen LogP contribution >= 0.6 is 27.3 Å². The van der Waals surface area contributed by atoms with Gasteiger partial charge in [-0.3, -0.25) is 0 Å². The molecule has 0 atom stereocenters. The van der Waals surface area contributed by atoms with E-state index in [9.17, 15) is 0 Å². The first-order valence-electron chi connectivity index (χ1n) is 16.5. The van der Waals surface area contributed by atoms with Crippen LogP contribution in [-0.4, -0.2) is 9.97 Å². The molecule has 9 aromatic rings. The standard InChI is InChI=1S/C45H25BrN2S/c46-29-23-22-26-24-28(21-20-27(26)25-29)44-47-41-33-13-4-8-19-39(33)49-43(41)42(48-44)34-14-9-18-38-40(34)32-12-3-7-17-37(32)45(38)35-15-5-1-10-30(35)31-11-2-6-16-36(31)45/h1-25H. The van der Waals surface area contributed by atoms with Crippen LogP contribution in [0.1, 0.15) is 22.3 Å². The Balaban J connectivity index is 1.25. The Morgan fingerprint density at radius 3 is 1.92 bits per heavy atom. The van der Waals surface area contributed by atoms with Crippen molar-refractivity contribution in [2.75, 3.05) is 0 Å². The number of halogens is 1.